The summed E-state index contributed by atoms with van der Waals surface area (Å²) in [5.74, 6) is 0.357. The number of aryl methyl sites for hydroxylation is 1. The van der Waals surface area contributed by atoms with Crippen molar-refractivity contribution in [3.05, 3.63) is 66.7 Å². The number of rotatable bonds is 9. The second-order valence-corrected chi connectivity index (χ2v) is 6.29. The number of nitrogens with one attached hydrogen (secondary N) is 2. The average molecular weight is 393 g/mol. The van der Waals surface area contributed by atoms with Gasteiger partial charge in [0.1, 0.15) is 18.4 Å². The molecule has 8 heteroatoms. The first kappa shape index (κ1) is 20.1. The Morgan fingerprint density at radius 2 is 1.79 bits per heavy atom. The van der Waals surface area contributed by atoms with E-state index in [0.29, 0.717) is 25.1 Å². The lowest BCUT2D eigenvalue weighted by molar-refractivity contribution is -0.124. The predicted molar refractivity (Wildman–Crippen MR) is 109 cm³/mol. The van der Waals surface area contributed by atoms with Crippen LogP contribution in [0.4, 0.5) is 5.69 Å². The van der Waals surface area contributed by atoms with Crippen molar-refractivity contribution in [3.63, 3.8) is 0 Å². The van der Waals surface area contributed by atoms with Gasteiger partial charge in [0.2, 0.25) is 11.8 Å². The maximum Gasteiger partial charge on any atom is 0.243 e. The van der Waals surface area contributed by atoms with Crippen LogP contribution in [0.5, 0.6) is 5.75 Å². The average Bonchev–Trinajstić information content (AvgIpc) is 3.27. The largest absolute Gasteiger partial charge is 0.494 e. The first-order valence-electron chi connectivity index (χ1n) is 9.37. The molecule has 2 N–H and O–H groups in total. The molecule has 1 heterocycles. The van der Waals surface area contributed by atoms with Gasteiger partial charge in [-0.2, -0.15) is 5.10 Å². The van der Waals surface area contributed by atoms with Crippen LogP contribution in [0.3, 0.4) is 0 Å². The van der Waals surface area contributed by atoms with E-state index in [-0.39, 0.29) is 18.4 Å². The summed E-state index contributed by atoms with van der Waals surface area (Å²) >= 11 is 0. The van der Waals surface area contributed by atoms with E-state index in [9.17, 15) is 9.59 Å². The Morgan fingerprint density at radius 1 is 1.03 bits per heavy atom. The molecule has 0 atom stereocenters. The fraction of sp³-hybridized carbons (Fsp3) is 0.238. The number of carbonyl (C=O) groups is 2. The molecule has 3 aromatic rings. The van der Waals surface area contributed by atoms with Crippen molar-refractivity contribution in [1.82, 2.24) is 20.1 Å². The Kier molecular flexibility index (Phi) is 6.94. The molecule has 2 aromatic carbocycles. The molecule has 0 saturated heterocycles. The number of nitrogens with zero attached hydrogens (tertiary/aromatic N) is 3. The van der Waals surface area contributed by atoms with E-state index in [4.69, 9.17) is 4.74 Å². The minimum atomic E-state index is -0.284. The van der Waals surface area contributed by atoms with Crippen molar-refractivity contribution in [2.45, 2.75) is 19.8 Å². The molecule has 0 bridgehead atoms. The van der Waals surface area contributed by atoms with E-state index in [0.717, 1.165) is 17.0 Å². The van der Waals surface area contributed by atoms with Gasteiger partial charge < -0.3 is 15.4 Å². The van der Waals surface area contributed by atoms with Gasteiger partial charge in [-0.05, 0) is 55.3 Å². The van der Waals surface area contributed by atoms with E-state index >= 15 is 0 Å². The number of hydrogen-bond acceptors (Lipinski definition) is 5. The quantitative estimate of drug-likeness (QED) is 0.582. The molecule has 150 valence electrons. The number of aromatic nitrogens is 3. The second-order valence-electron chi connectivity index (χ2n) is 6.29. The van der Waals surface area contributed by atoms with Crippen molar-refractivity contribution in [1.29, 1.82) is 0 Å². The minimum Gasteiger partial charge on any atom is -0.494 e. The summed E-state index contributed by atoms with van der Waals surface area (Å²) < 4.78 is 7.02. The molecule has 0 saturated carbocycles. The lowest BCUT2D eigenvalue weighted by Gasteiger charge is -2.08. The normalized spacial score (nSPS) is 10.4. The summed E-state index contributed by atoms with van der Waals surface area (Å²) in [6.45, 7) is 2.48. The number of anilines is 1. The number of carbonyl (C=O) groups excluding carboxylic acids is 2. The molecule has 0 radical (unpaired) electrons. The van der Waals surface area contributed by atoms with Crippen LogP contribution in [0.15, 0.2) is 61.2 Å². The van der Waals surface area contributed by atoms with E-state index in [1.165, 1.54) is 6.33 Å². The molecule has 0 unspecified atom stereocenters. The molecule has 0 aliphatic rings. The lowest BCUT2D eigenvalue weighted by Crippen LogP contribution is -2.32. The third-order valence-electron chi connectivity index (χ3n) is 4.16. The summed E-state index contributed by atoms with van der Waals surface area (Å²) in [6.07, 6.45) is 3.96. The van der Waals surface area contributed by atoms with Crippen LogP contribution in [0.1, 0.15) is 18.9 Å². The number of benzene rings is 2. The Hall–Kier alpha value is -3.68. The van der Waals surface area contributed by atoms with Crippen LogP contribution in [0, 0.1) is 0 Å². The Morgan fingerprint density at radius 3 is 2.45 bits per heavy atom. The van der Waals surface area contributed by atoms with Gasteiger partial charge in [-0.25, -0.2) is 9.67 Å². The zero-order valence-electron chi connectivity index (χ0n) is 16.2. The van der Waals surface area contributed by atoms with Crippen LogP contribution in [0.2, 0.25) is 0 Å². The molecule has 2 amide bonds. The van der Waals surface area contributed by atoms with Crippen molar-refractivity contribution in [2.75, 3.05) is 18.5 Å². The molecule has 3 rings (SSSR count). The Balaban J connectivity index is 1.39. The minimum absolute atomic E-state index is 0.0764. The fourth-order valence-corrected chi connectivity index (χ4v) is 2.69. The number of ether oxygens (including phenoxy) is 1. The first-order valence-corrected chi connectivity index (χ1v) is 9.37. The molecule has 0 fully saturated rings. The second kappa shape index (κ2) is 10.0. The maximum atomic E-state index is 12.0. The summed E-state index contributed by atoms with van der Waals surface area (Å²) in [5.41, 5.74) is 2.52. The highest BCUT2D eigenvalue weighted by Crippen LogP contribution is 2.13. The van der Waals surface area contributed by atoms with Gasteiger partial charge in [-0.15, -0.1) is 0 Å². The predicted octanol–water partition coefficient (Wildman–Crippen LogP) is 2.35. The highest BCUT2D eigenvalue weighted by molar-refractivity contribution is 5.94. The van der Waals surface area contributed by atoms with Crippen LogP contribution in [-0.2, 0) is 16.0 Å². The van der Waals surface area contributed by atoms with E-state index in [1.807, 2.05) is 43.3 Å². The maximum absolute atomic E-state index is 12.0. The van der Waals surface area contributed by atoms with Gasteiger partial charge in [0.25, 0.3) is 0 Å². The molecule has 0 aliphatic carbocycles. The summed E-state index contributed by atoms with van der Waals surface area (Å²) in [6, 6.07) is 14.8. The van der Waals surface area contributed by atoms with Crippen LogP contribution in [0.25, 0.3) is 5.69 Å². The molecule has 8 nitrogen and oxygen atoms in total. The van der Waals surface area contributed by atoms with Gasteiger partial charge in [0.05, 0.1) is 18.8 Å². The molecule has 0 spiro atoms. The van der Waals surface area contributed by atoms with Crippen molar-refractivity contribution < 1.29 is 14.3 Å². The lowest BCUT2D eigenvalue weighted by atomic mass is 10.1. The highest BCUT2D eigenvalue weighted by Gasteiger charge is 2.07. The third-order valence-corrected chi connectivity index (χ3v) is 4.16. The van der Waals surface area contributed by atoms with Crippen LogP contribution in [-0.4, -0.2) is 39.7 Å². The van der Waals surface area contributed by atoms with Crippen LogP contribution >= 0.6 is 0 Å². The monoisotopic (exact) mass is 393 g/mol. The van der Waals surface area contributed by atoms with Crippen LogP contribution < -0.4 is 15.4 Å². The zero-order chi connectivity index (χ0) is 20.5. The van der Waals surface area contributed by atoms with E-state index < -0.39 is 0 Å². The van der Waals surface area contributed by atoms with Gasteiger partial charge in [-0.3, -0.25) is 9.59 Å². The van der Waals surface area contributed by atoms with Crippen molar-refractivity contribution in [3.8, 4) is 11.4 Å². The van der Waals surface area contributed by atoms with Gasteiger partial charge in [0.15, 0.2) is 0 Å². The molecular weight excluding hydrogens is 370 g/mol. The van der Waals surface area contributed by atoms with Crippen molar-refractivity contribution >= 4 is 17.5 Å². The summed E-state index contributed by atoms with van der Waals surface area (Å²) in [5, 5.41) is 9.43. The number of hydrogen-bond donors (Lipinski definition) is 2. The SMILES string of the molecule is CCOc1ccc(CCC(=O)NCC(=O)Nc2ccc(-n3cncn3)cc2)cc1. The third kappa shape index (κ3) is 6.17. The van der Waals surface area contributed by atoms with Gasteiger partial charge in [0, 0.05) is 12.1 Å². The van der Waals surface area contributed by atoms with E-state index in [1.54, 1.807) is 23.1 Å². The fourth-order valence-electron chi connectivity index (χ4n) is 2.69. The Bertz CT molecular complexity index is 922. The Labute approximate surface area is 168 Å². The van der Waals surface area contributed by atoms with E-state index in [2.05, 4.69) is 20.7 Å². The topological polar surface area (TPSA) is 98.1 Å². The summed E-state index contributed by atoms with van der Waals surface area (Å²) in [7, 11) is 0. The number of amides is 2. The molecule has 29 heavy (non-hydrogen) atoms. The standard InChI is InChI=1S/C21H23N5O3/c1-2-29-19-10-3-16(4-11-19)5-12-20(27)23-13-21(28)25-17-6-8-18(9-7-17)26-15-22-14-24-26/h3-4,6-11,14-15H,2,5,12-13H2,1H3,(H,23,27)(H,25,28). The molecule has 1 aromatic heterocycles. The zero-order valence-corrected chi connectivity index (χ0v) is 16.2. The highest BCUT2D eigenvalue weighted by atomic mass is 16.5. The van der Waals surface area contributed by atoms with Gasteiger partial charge in [-0.1, -0.05) is 12.1 Å². The summed E-state index contributed by atoms with van der Waals surface area (Å²) in [4.78, 5) is 27.9. The smallest absolute Gasteiger partial charge is 0.243 e. The van der Waals surface area contributed by atoms with Crippen molar-refractivity contribution in [2.24, 2.45) is 0 Å². The first-order chi connectivity index (χ1) is 14.1. The van der Waals surface area contributed by atoms with Gasteiger partial charge >= 0.3 is 0 Å². The molecular formula is C21H23N5O3. The molecule has 0 aliphatic heterocycles.